The van der Waals surface area contributed by atoms with Crippen LogP contribution in [0.25, 0.3) is 0 Å². The van der Waals surface area contributed by atoms with Gasteiger partial charge >= 0.3 is 0 Å². The summed E-state index contributed by atoms with van der Waals surface area (Å²) < 4.78 is 0. The van der Waals surface area contributed by atoms with Crippen LogP contribution in [-0.2, 0) is 16.0 Å². The minimum absolute atomic E-state index is 0.0153. The Balaban J connectivity index is 1.33. The summed E-state index contributed by atoms with van der Waals surface area (Å²) in [4.78, 5) is 27.5. The second kappa shape index (κ2) is 8.17. The molecule has 140 valence electrons. The molecule has 1 unspecified atom stereocenters. The van der Waals surface area contributed by atoms with E-state index in [1.54, 1.807) is 16.7 Å². The van der Waals surface area contributed by atoms with Gasteiger partial charge in [0, 0.05) is 30.3 Å². The molecular formula is C22H24N2O2S. The number of hydrogen-bond donors (Lipinski definition) is 1. The number of aryl methyl sites for hydroxylation is 1. The Morgan fingerprint density at radius 2 is 1.96 bits per heavy atom. The summed E-state index contributed by atoms with van der Waals surface area (Å²) in [5, 5.41) is 3.09. The molecule has 0 radical (unpaired) electrons. The smallest absolute Gasteiger partial charge is 0.237 e. The number of carbonyl (C=O) groups is 2. The number of para-hydroxylation sites is 1. The van der Waals surface area contributed by atoms with E-state index in [4.69, 9.17) is 0 Å². The van der Waals surface area contributed by atoms with E-state index in [1.807, 2.05) is 24.3 Å². The minimum Gasteiger partial charge on any atom is -0.355 e. The molecule has 4 nitrogen and oxygen atoms in total. The van der Waals surface area contributed by atoms with Gasteiger partial charge in [-0.25, -0.2) is 0 Å². The number of rotatable bonds is 5. The summed E-state index contributed by atoms with van der Waals surface area (Å²) in [6.45, 7) is 1.11. The minimum atomic E-state index is 0.0153. The number of nitrogens with zero attached hydrogens (tertiary/aromatic N) is 1. The summed E-state index contributed by atoms with van der Waals surface area (Å²) in [5.74, 6) is 0.930. The maximum Gasteiger partial charge on any atom is 0.237 e. The lowest BCUT2D eigenvalue weighted by Crippen LogP contribution is -2.39. The van der Waals surface area contributed by atoms with Crippen LogP contribution in [0.3, 0.4) is 0 Å². The lowest BCUT2D eigenvalue weighted by molar-refractivity contribution is -0.121. The first-order valence-corrected chi connectivity index (χ1v) is 10.6. The van der Waals surface area contributed by atoms with Crippen LogP contribution in [0.2, 0.25) is 0 Å². The van der Waals surface area contributed by atoms with E-state index < -0.39 is 0 Å². The van der Waals surface area contributed by atoms with Gasteiger partial charge in [-0.1, -0.05) is 36.4 Å². The number of fused-ring (bicyclic) bond motifs is 2. The number of hydrogen-bond acceptors (Lipinski definition) is 3. The molecule has 4 rings (SSSR count). The summed E-state index contributed by atoms with van der Waals surface area (Å²) in [6, 6.07) is 16.4. The van der Waals surface area contributed by atoms with Crippen molar-refractivity contribution in [2.24, 2.45) is 0 Å². The van der Waals surface area contributed by atoms with Gasteiger partial charge in [-0.15, -0.1) is 11.8 Å². The number of benzene rings is 2. The standard InChI is InChI=1S/C22H24N2O2S/c25-21(23-14-17-8-5-7-16-6-1-2-9-18(16)17)12-13-24-19-10-3-4-11-20(19)27-15-22(24)26/h1-4,6,9-11,17H,5,7-8,12-15H2,(H,23,25). The summed E-state index contributed by atoms with van der Waals surface area (Å²) in [6.07, 6.45) is 3.76. The molecular weight excluding hydrogens is 356 g/mol. The predicted molar refractivity (Wildman–Crippen MR) is 109 cm³/mol. The maximum absolute atomic E-state index is 12.4. The van der Waals surface area contributed by atoms with E-state index in [2.05, 4.69) is 29.6 Å². The maximum atomic E-state index is 12.4. The van der Waals surface area contributed by atoms with Crippen molar-refractivity contribution < 1.29 is 9.59 Å². The van der Waals surface area contributed by atoms with Gasteiger partial charge in [0.05, 0.1) is 11.4 Å². The van der Waals surface area contributed by atoms with Crippen molar-refractivity contribution in [1.29, 1.82) is 0 Å². The molecule has 1 aliphatic carbocycles. The lowest BCUT2D eigenvalue weighted by Gasteiger charge is -2.29. The van der Waals surface area contributed by atoms with Crippen molar-refractivity contribution in [2.45, 2.75) is 36.5 Å². The average Bonchev–Trinajstić information content (AvgIpc) is 2.71. The van der Waals surface area contributed by atoms with Gasteiger partial charge < -0.3 is 10.2 Å². The zero-order valence-corrected chi connectivity index (χ0v) is 16.1. The molecule has 0 saturated heterocycles. The molecule has 2 aliphatic rings. The predicted octanol–water partition coefficient (Wildman–Crippen LogP) is 3.75. The van der Waals surface area contributed by atoms with Gasteiger partial charge in [0.1, 0.15) is 0 Å². The van der Waals surface area contributed by atoms with Gasteiger partial charge in [0.2, 0.25) is 11.8 Å². The molecule has 1 aliphatic heterocycles. The van der Waals surface area contributed by atoms with Crippen molar-refractivity contribution >= 4 is 29.3 Å². The van der Waals surface area contributed by atoms with Crippen molar-refractivity contribution in [3.8, 4) is 0 Å². The van der Waals surface area contributed by atoms with Crippen LogP contribution < -0.4 is 10.2 Å². The van der Waals surface area contributed by atoms with Crippen LogP contribution in [0.15, 0.2) is 53.4 Å². The second-order valence-electron chi connectivity index (χ2n) is 7.14. The quantitative estimate of drug-likeness (QED) is 0.859. The van der Waals surface area contributed by atoms with Crippen molar-refractivity contribution in [2.75, 3.05) is 23.7 Å². The van der Waals surface area contributed by atoms with Crippen LogP contribution in [0, 0.1) is 0 Å². The molecule has 2 aromatic carbocycles. The van der Waals surface area contributed by atoms with E-state index in [9.17, 15) is 9.59 Å². The molecule has 0 saturated carbocycles. The van der Waals surface area contributed by atoms with Gasteiger partial charge in [0.25, 0.3) is 0 Å². The van der Waals surface area contributed by atoms with E-state index in [1.165, 1.54) is 17.5 Å². The lowest BCUT2D eigenvalue weighted by atomic mass is 9.83. The SMILES string of the molecule is O=C(CCN1C(=O)CSc2ccccc21)NCC1CCCc2ccccc21. The summed E-state index contributed by atoms with van der Waals surface area (Å²) >= 11 is 1.57. The molecule has 1 atom stereocenters. The van der Waals surface area contributed by atoms with Crippen LogP contribution in [0.5, 0.6) is 0 Å². The number of amides is 2. The zero-order valence-electron chi connectivity index (χ0n) is 15.3. The fourth-order valence-corrected chi connectivity index (χ4v) is 4.94. The normalized spacial score (nSPS) is 18.6. The molecule has 1 heterocycles. The Hall–Kier alpha value is -2.27. The third-order valence-corrected chi connectivity index (χ3v) is 6.46. The van der Waals surface area contributed by atoms with Crippen LogP contribution in [-0.4, -0.2) is 30.7 Å². The van der Waals surface area contributed by atoms with Gasteiger partial charge in [-0.3, -0.25) is 9.59 Å². The molecule has 0 fully saturated rings. The highest BCUT2D eigenvalue weighted by Gasteiger charge is 2.25. The highest BCUT2D eigenvalue weighted by molar-refractivity contribution is 8.00. The monoisotopic (exact) mass is 380 g/mol. The van der Waals surface area contributed by atoms with Crippen molar-refractivity contribution in [1.82, 2.24) is 5.32 Å². The molecule has 0 spiro atoms. The van der Waals surface area contributed by atoms with Gasteiger partial charge in [-0.05, 0) is 42.5 Å². The first kappa shape index (κ1) is 18.1. The molecule has 0 bridgehead atoms. The van der Waals surface area contributed by atoms with E-state index in [0.717, 1.165) is 23.4 Å². The van der Waals surface area contributed by atoms with Gasteiger partial charge in [0.15, 0.2) is 0 Å². The third kappa shape index (κ3) is 4.03. The zero-order chi connectivity index (χ0) is 18.6. The molecule has 5 heteroatoms. The number of anilines is 1. The Kier molecular flexibility index (Phi) is 5.48. The highest BCUT2D eigenvalue weighted by Crippen LogP contribution is 2.35. The molecule has 2 aromatic rings. The van der Waals surface area contributed by atoms with E-state index in [-0.39, 0.29) is 11.8 Å². The number of nitrogens with one attached hydrogen (secondary N) is 1. The Morgan fingerprint density at radius 1 is 1.15 bits per heavy atom. The fourth-order valence-electron chi connectivity index (χ4n) is 4.00. The van der Waals surface area contributed by atoms with Crippen LogP contribution in [0.1, 0.15) is 36.3 Å². The average molecular weight is 381 g/mol. The Bertz CT molecular complexity index is 852. The van der Waals surface area contributed by atoms with Gasteiger partial charge in [-0.2, -0.15) is 0 Å². The summed E-state index contributed by atoms with van der Waals surface area (Å²) in [7, 11) is 0. The largest absolute Gasteiger partial charge is 0.355 e. The number of carbonyl (C=O) groups excluding carboxylic acids is 2. The van der Waals surface area contributed by atoms with Crippen LogP contribution in [0.4, 0.5) is 5.69 Å². The van der Waals surface area contributed by atoms with Crippen molar-refractivity contribution in [3.63, 3.8) is 0 Å². The number of thioether (sulfide) groups is 1. The molecule has 1 N–H and O–H groups in total. The topological polar surface area (TPSA) is 49.4 Å². The second-order valence-corrected chi connectivity index (χ2v) is 8.16. The Labute approximate surface area is 164 Å². The van der Waals surface area contributed by atoms with Crippen molar-refractivity contribution in [3.05, 3.63) is 59.7 Å². The fraction of sp³-hybridized carbons (Fsp3) is 0.364. The van der Waals surface area contributed by atoms with Crippen LogP contribution >= 0.6 is 11.8 Å². The van der Waals surface area contributed by atoms with E-state index in [0.29, 0.717) is 31.2 Å². The highest BCUT2D eigenvalue weighted by atomic mass is 32.2. The third-order valence-electron chi connectivity index (χ3n) is 5.41. The first-order chi connectivity index (χ1) is 13.2. The first-order valence-electron chi connectivity index (χ1n) is 9.59. The Morgan fingerprint density at radius 3 is 2.89 bits per heavy atom. The molecule has 2 amide bonds. The molecule has 0 aromatic heterocycles. The van der Waals surface area contributed by atoms with E-state index >= 15 is 0 Å². The summed E-state index contributed by atoms with van der Waals surface area (Å²) in [5.41, 5.74) is 3.71. The molecule has 27 heavy (non-hydrogen) atoms.